The van der Waals surface area contributed by atoms with Crippen LogP contribution in [0.5, 0.6) is 11.5 Å². The highest BCUT2D eigenvalue weighted by Gasteiger charge is 2.25. The second kappa shape index (κ2) is 6.95. The number of benzene rings is 1. The summed E-state index contributed by atoms with van der Waals surface area (Å²) in [5, 5.41) is 0. The summed E-state index contributed by atoms with van der Waals surface area (Å²) in [5.41, 5.74) is 7.17. The lowest BCUT2D eigenvalue weighted by molar-refractivity contribution is 0.115. The molecule has 1 aliphatic rings. The van der Waals surface area contributed by atoms with Gasteiger partial charge in [0.05, 0.1) is 14.2 Å². The van der Waals surface area contributed by atoms with E-state index in [2.05, 4.69) is 24.0 Å². The maximum Gasteiger partial charge on any atom is 0.161 e. The van der Waals surface area contributed by atoms with Crippen LogP contribution in [0.1, 0.15) is 25.3 Å². The number of hydrogen-bond donors (Lipinski definition) is 1. The molecular weight excluding hydrogens is 252 g/mol. The number of methoxy groups -OCH3 is 2. The van der Waals surface area contributed by atoms with Crippen molar-refractivity contribution in [1.29, 1.82) is 0 Å². The molecule has 1 fully saturated rings. The number of nitrogens with two attached hydrogens (primary N) is 1. The van der Waals surface area contributed by atoms with E-state index in [0.29, 0.717) is 6.04 Å². The highest BCUT2D eigenvalue weighted by Crippen LogP contribution is 2.29. The molecule has 2 rings (SSSR count). The van der Waals surface area contributed by atoms with E-state index < -0.39 is 0 Å². The molecule has 2 atom stereocenters. The summed E-state index contributed by atoms with van der Waals surface area (Å²) in [6, 6.07) is 6.63. The fraction of sp³-hybridized carbons (Fsp3) is 0.625. The van der Waals surface area contributed by atoms with Crippen LogP contribution in [0, 0.1) is 5.92 Å². The third-order valence-corrected chi connectivity index (χ3v) is 4.21. The van der Waals surface area contributed by atoms with Crippen LogP contribution in [0.4, 0.5) is 0 Å². The quantitative estimate of drug-likeness (QED) is 0.897. The topological polar surface area (TPSA) is 47.7 Å². The minimum atomic E-state index is 0.492. The summed E-state index contributed by atoms with van der Waals surface area (Å²) in [7, 11) is 3.33. The Bertz CT molecular complexity index is 436. The first-order chi connectivity index (χ1) is 9.67. The fourth-order valence-corrected chi connectivity index (χ4v) is 2.97. The third kappa shape index (κ3) is 3.44. The van der Waals surface area contributed by atoms with Crippen LogP contribution in [-0.4, -0.2) is 38.3 Å². The zero-order valence-electron chi connectivity index (χ0n) is 12.8. The van der Waals surface area contributed by atoms with E-state index in [1.807, 2.05) is 6.07 Å². The van der Waals surface area contributed by atoms with Crippen molar-refractivity contribution < 1.29 is 9.47 Å². The van der Waals surface area contributed by atoms with Gasteiger partial charge in [0, 0.05) is 19.1 Å². The van der Waals surface area contributed by atoms with Crippen LogP contribution in [0.25, 0.3) is 0 Å². The molecule has 2 N–H and O–H groups in total. The summed E-state index contributed by atoms with van der Waals surface area (Å²) in [5.74, 6) is 2.35. The van der Waals surface area contributed by atoms with Gasteiger partial charge in [0.25, 0.3) is 0 Å². The molecule has 112 valence electrons. The summed E-state index contributed by atoms with van der Waals surface area (Å²) >= 11 is 0. The average Bonchev–Trinajstić information content (AvgIpc) is 2.48. The van der Waals surface area contributed by atoms with E-state index in [4.69, 9.17) is 15.2 Å². The first-order valence-corrected chi connectivity index (χ1v) is 7.33. The van der Waals surface area contributed by atoms with Crippen molar-refractivity contribution in [3.05, 3.63) is 23.8 Å². The monoisotopic (exact) mass is 278 g/mol. The molecule has 1 aliphatic heterocycles. The maximum atomic E-state index is 5.92. The Labute approximate surface area is 121 Å². The Morgan fingerprint density at radius 2 is 2.00 bits per heavy atom. The molecule has 0 saturated carbocycles. The molecule has 1 aromatic carbocycles. The van der Waals surface area contributed by atoms with Crippen molar-refractivity contribution in [2.24, 2.45) is 11.7 Å². The van der Waals surface area contributed by atoms with Gasteiger partial charge in [-0.25, -0.2) is 0 Å². The predicted molar refractivity (Wildman–Crippen MR) is 81.2 cm³/mol. The first-order valence-electron chi connectivity index (χ1n) is 7.33. The lowest BCUT2D eigenvalue weighted by atomic mass is 9.92. The van der Waals surface area contributed by atoms with Crippen molar-refractivity contribution in [2.75, 3.05) is 27.3 Å². The number of nitrogens with zero attached hydrogens (tertiary/aromatic N) is 1. The molecule has 1 saturated heterocycles. The molecule has 0 radical (unpaired) electrons. The Balaban J connectivity index is 2.09. The number of piperidine rings is 1. The molecule has 4 heteroatoms. The maximum absolute atomic E-state index is 5.92. The van der Waals surface area contributed by atoms with Gasteiger partial charge in [-0.3, -0.25) is 4.90 Å². The van der Waals surface area contributed by atoms with Crippen LogP contribution in [0.3, 0.4) is 0 Å². The third-order valence-electron chi connectivity index (χ3n) is 4.21. The zero-order chi connectivity index (χ0) is 14.5. The van der Waals surface area contributed by atoms with Gasteiger partial charge in [0.1, 0.15) is 0 Å². The second-order valence-electron chi connectivity index (χ2n) is 5.68. The minimum Gasteiger partial charge on any atom is -0.493 e. The Kier molecular flexibility index (Phi) is 5.26. The van der Waals surface area contributed by atoms with Crippen LogP contribution < -0.4 is 15.2 Å². The molecule has 20 heavy (non-hydrogen) atoms. The standard InChI is InChI=1S/C16H26N2O2/c1-12-6-7-18(14(8-12)10-17)11-13-4-5-15(19-2)16(9-13)20-3/h4-5,9,12,14H,6-8,10-11,17H2,1-3H3. The van der Waals surface area contributed by atoms with Gasteiger partial charge in [0.2, 0.25) is 0 Å². The first kappa shape index (κ1) is 15.1. The van der Waals surface area contributed by atoms with Crippen LogP contribution >= 0.6 is 0 Å². The van der Waals surface area contributed by atoms with Gasteiger partial charge in [-0.15, -0.1) is 0 Å². The van der Waals surface area contributed by atoms with Crippen molar-refractivity contribution in [1.82, 2.24) is 4.90 Å². The molecule has 4 nitrogen and oxygen atoms in total. The zero-order valence-corrected chi connectivity index (χ0v) is 12.8. The Morgan fingerprint density at radius 1 is 1.25 bits per heavy atom. The van der Waals surface area contributed by atoms with E-state index in [1.54, 1.807) is 14.2 Å². The van der Waals surface area contributed by atoms with Gasteiger partial charge < -0.3 is 15.2 Å². The molecule has 0 spiro atoms. The SMILES string of the molecule is COc1ccc(CN2CCC(C)CC2CN)cc1OC. The molecule has 0 bridgehead atoms. The number of ether oxygens (including phenoxy) is 2. The second-order valence-corrected chi connectivity index (χ2v) is 5.68. The Hall–Kier alpha value is -1.26. The lowest BCUT2D eigenvalue weighted by Crippen LogP contribution is -2.45. The van der Waals surface area contributed by atoms with Crippen molar-refractivity contribution in [3.63, 3.8) is 0 Å². The van der Waals surface area contributed by atoms with Crippen LogP contribution in [-0.2, 0) is 6.54 Å². The van der Waals surface area contributed by atoms with Crippen LogP contribution in [0.2, 0.25) is 0 Å². The molecule has 1 aromatic rings. The van der Waals surface area contributed by atoms with Gasteiger partial charge >= 0.3 is 0 Å². The van der Waals surface area contributed by atoms with E-state index >= 15 is 0 Å². The molecular formula is C16H26N2O2. The highest BCUT2D eigenvalue weighted by atomic mass is 16.5. The fourth-order valence-electron chi connectivity index (χ4n) is 2.97. The van der Waals surface area contributed by atoms with E-state index in [1.165, 1.54) is 18.4 Å². The van der Waals surface area contributed by atoms with Crippen molar-refractivity contribution in [2.45, 2.75) is 32.4 Å². The summed E-state index contributed by atoms with van der Waals surface area (Å²) in [4.78, 5) is 2.49. The van der Waals surface area contributed by atoms with Gasteiger partial charge in [-0.05, 0) is 43.0 Å². The van der Waals surface area contributed by atoms with E-state index in [-0.39, 0.29) is 0 Å². The molecule has 1 heterocycles. The van der Waals surface area contributed by atoms with Gasteiger partial charge in [-0.1, -0.05) is 13.0 Å². The molecule has 0 aliphatic carbocycles. The highest BCUT2D eigenvalue weighted by molar-refractivity contribution is 5.42. The predicted octanol–water partition coefficient (Wildman–Crippen LogP) is 2.26. The number of likely N-dealkylation sites (tertiary alicyclic amines) is 1. The summed E-state index contributed by atoms with van der Waals surface area (Å²) in [6.07, 6.45) is 2.45. The number of rotatable bonds is 5. The van der Waals surface area contributed by atoms with Crippen molar-refractivity contribution in [3.8, 4) is 11.5 Å². The normalized spacial score (nSPS) is 23.6. The summed E-state index contributed by atoms with van der Waals surface area (Å²) in [6.45, 7) is 5.10. The van der Waals surface area contributed by atoms with E-state index in [0.717, 1.165) is 37.1 Å². The average molecular weight is 278 g/mol. The van der Waals surface area contributed by atoms with Gasteiger partial charge in [0.15, 0.2) is 11.5 Å². The number of hydrogen-bond acceptors (Lipinski definition) is 4. The molecule has 2 unspecified atom stereocenters. The molecule has 0 aromatic heterocycles. The van der Waals surface area contributed by atoms with Crippen LogP contribution in [0.15, 0.2) is 18.2 Å². The smallest absolute Gasteiger partial charge is 0.161 e. The largest absolute Gasteiger partial charge is 0.493 e. The minimum absolute atomic E-state index is 0.492. The molecule has 0 amide bonds. The van der Waals surface area contributed by atoms with Crippen molar-refractivity contribution >= 4 is 0 Å². The summed E-state index contributed by atoms with van der Waals surface area (Å²) < 4.78 is 10.6. The Morgan fingerprint density at radius 3 is 2.65 bits per heavy atom. The van der Waals surface area contributed by atoms with E-state index in [9.17, 15) is 0 Å². The van der Waals surface area contributed by atoms with Gasteiger partial charge in [-0.2, -0.15) is 0 Å². The lowest BCUT2D eigenvalue weighted by Gasteiger charge is -2.38.